The summed E-state index contributed by atoms with van der Waals surface area (Å²) in [4.78, 5) is 17.3. The third-order valence-electron chi connectivity index (χ3n) is 9.80. The number of rotatable bonds is 5. The minimum absolute atomic E-state index is 0.178. The summed E-state index contributed by atoms with van der Waals surface area (Å²) >= 11 is 0. The predicted octanol–water partition coefficient (Wildman–Crippen LogP) is 4.10. The molecule has 166 valence electrons. The van der Waals surface area contributed by atoms with E-state index in [1.165, 1.54) is 32.1 Å². The van der Waals surface area contributed by atoms with Crippen molar-refractivity contribution < 1.29 is 14.6 Å². The van der Waals surface area contributed by atoms with Crippen molar-refractivity contribution >= 4 is 5.78 Å². The van der Waals surface area contributed by atoms with Crippen molar-refractivity contribution in [2.45, 2.75) is 76.9 Å². The Hall–Kier alpha value is -1.20. The topological polar surface area (TPSA) is 64.3 Å². The van der Waals surface area contributed by atoms with Gasteiger partial charge in [0, 0.05) is 25.4 Å². The lowest BCUT2D eigenvalue weighted by molar-refractivity contribution is -0.136. The van der Waals surface area contributed by atoms with Gasteiger partial charge in [0.05, 0.1) is 25.1 Å². The Balaban J connectivity index is 1.29. The number of ketones is 1. The number of Topliss-reactive ketones (excluding diaryl/α,β-unsaturated/α-hetero) is 1. The molecule has 1 heterocycles. The highest BCUT2D eigenvalue weighted by molar-refractivity contribution is 5.82. The van der Waals surface area contributed by atoms with Crippen molar-refractivity contribution in [1.82, 2.24) is 9.55 Å². The first kappa shape index (κ1) is 20.7. The molecular weight excluding hydrogens is 376 g/mol. The Kier molecular flexibility index (Phi) is 5.34. The van der Waals surface area contributed by atoms with Crippen molar-refractivity contribution in [3.8, 4) is 0 Å². The molecule has 8 unspecified atom stereocenters. The van der Waals surface area contributed by atoms with E-state index in [0.29, 0.717) is 30.8 Å². The zero-order chi connectivity index (χ0) is 20.9. The van der Waals surface area contributed by atoms with Crippen LogP contribution < -0.4 is 0 Å². The van der Waals surface area contributed by atoms with E-state index < -0.39 is 5.60 Å². The van der Waals surface area contributed by atoms with E-state index in [1.54, 1.807) is 19.6 Å². The minimum atomic E-state index is -0.607. The molecular formula is C25H38N2O3. The van der Waals surface area contributed by atoms with Gasteiger partial charge in [-0.3, -0.25) is 4.79 Å². The molecule has 0 spiro atoms. The zero-order valence-electron chi connectivity index (χ0n) is 18.6. The smallest absolute Gasteiger partial charge is 0.156 e. The summed E-state index contributed by atoms with van der Waals surface area (Å²) in [6.07, 6.45) is 15.7. The van der Waals surface area contributed by atoms with Gasteiger partial charge in [0.1, 0.15) is 0 Å². The molecule has 1 aromatic heterocycles. The van der Waals surface area contributed by atoms with Crippen LogP contribution in [-0.2, 0) is 16.1 Å². The molecule has 1 aromatic rings. The molecule has 5 rings (SSSR count). The quantitative estimate of drug-likeness (QED) is 0.788. The molecule has 4 aliphatic rings. The minimum Gasteiger partial charge on any atom is -0.387 e. The lowest BCUT2D eigenvalue weighted by Gasteiger charge is -2.57. The predicted molar refractivity (Wildman–Crippen MR) is 115 cm³/mol. The van der Waals surface area contributed by atoms with Gasteiger partial charge in [-0.05, 0) is 92.8 Å². The number of aliphatic hydroxyl groups is 1. The first-order valence-corrected chi connectivity index (χ1v) is 12.1. The molecule has 1 N–H and O–H groups in total. The summed E-state index contributed by atoms with van der Waals surface area (Å²) in [5, 5.41) is 10.9. The molecule has 5 heteroatoms. The summed E-state index contributed by atoms with van der Waals surface area (Å²) < 4.78 is 7.25. The van der Waals surface area contributed by atoms with E-state index in [2.05, 4.69) is 11.9 Å². The second-order valence-corrected chi connectivity index (χ2v) is 11.2. The van der Waals surface area contributed by atoms with E-state index in [0.717, 1.165) is 43.4 Å². The number of methoxy groups -OCH3 is 1. The number of imidazole rings is 1. The summed E-state index contributed by atoms with van der Waals surface area (Å²) in [6, 6.07) is 0. The van der Waals surface area contributed by atoms with Crippen LogP contribution >= 0.6 is 0 Å². The highest BCUT2D eigenvalue weighted by atomic mass is 16.5. The van der Waals surface area contributed by atoms with Crippen LogP contribution in [-0.4, -0.2) is 39.8 Å². The maximum atomic E-state index is 13.2. The van der Waals surface area contributed by atoms with Crippen LogP contribution in [0.4, 0.5) is 0 Å². The fourth-order valence-electron chi connectivity index (χ4n) is 8.56. The van der Waals surface area contributed by atoms with Gasteiger partial charge in [-0.25, -0.2) is 4.98 Å². The Morgan fingerprint density at radius 3 is 2.73 bits per heavy atom. The maximum absolute atomic E-state index is 13.2. The summed E-state index contributed by atoms with van der Waals surface area (Å²) in [6.45, 7) is 3.39. The Morgan fingerprint density at radius 1 is 1.13 bits per heavy atom. The number of hydrogen-bond donors (Lipinski definition) is 1. The average Bonchev–Trinajstić information content (AvgIpc) is 3.34. The number of ether oxygens (including phenoxy) is 1. The van der Waals surface area contributed by atoms with Crippen molar-refractivity contribution in [2.75, 3.05) is 13.7 Å². The zero-order valence-corrected chi connectivity index (χ0v) is 18.6. The summed E-state index contributed by atoms with van der Waals surface area (Å²) in [5.74, 6) is 4.33. The van der Waals surface area contributed by atoms with Crippen LogP contribution in [0.5, 0.6) is 0 Å². The number of fused-ring (bicyclic) bond motifs is 5. The highest BCUT2D eigenvalue weighted by Gasteiger charge is 2.58. The fourth-order valence-corrected chi connectivity index (χ4v) is 8.56. The Morgan fingerprint density at radius 2 is 1.97 bits per heavy atom. The molecule has 5 nitrogen and oxygen atoms in total. The third-order valence-corrected chi connectivity index (χ3v) is 9.80. The normalized spacial score (nSPS) is 45.4. The molecule has 0 aliphatic heterocycles. The largest absolute Gasteiger partial charge is 0.387 e. The van der Waals surface area contributed by atoms with Crippen LogP contribution in [0.3, 0.4) is 0 Å². The molecule has 4 saturated carbocycles. The van der Waals surface area contributed by atoms with Gasteiger partial charge < -0.3 is 14.4 Å². The SMILES string of the molecule is COCC1(O)CCC2C(CCC3C2CCC2(C)C(C(=O)Cn4ccnc4)CCC32)C1. The van der Waals surface area contributed by atoms with E-state index in [9.17, 15) is 9.90 Å². The molecule has 0 saturated heterocycles. The molecule has 0 aromatic carbocycles. The maximum Gasteiger partial charge on any atom is 0.156 e. The van der Waals surface area contributed by atoms with Gasteiger partial charge in [-0.2, -0.15) is 0 Å². The van der Waals surface area contributed by atoms with Gasteiger partial charge in [-0.15, -0.1) is 0 Å². The monoisotopic (exact) mass is 414 g/mol. The lowest BCUT2D eigenvalue weighted by atomic mass is 9.49. The van der Waals surface area contributed by atoms with Gasteiger partial charge in [0.2, 0.25) is 0 Å². The van der Waals surface area contributed by atoms with Crippen molar-refractivity contribution in [2.24, 2.45) is 40.9 Å². The fraction of sp³-hybridized carbons (Fsp3) is 0.840. The number of nitrogens with zero attached hydrogens (tertiary/aromatic N) is 2. The van der Waals surface area contributed by atoms with Crippen LogP contribution in [0.25, 0.3) is 0 Å². The average molecular weight is 415 g/mol. The van der Waals surface area contributed by atoms with E-state index in [4.69, 9.17) is 4.74 Å². The summed E-state index contributed by atoms with van der Waals surface area (Å²) in [5.41, 5.74) is -0.429. The first-order valence-electron chi connectivity index (χ1n) is 12.1. The molecule has 4 fully saturated rings. The second-order valence-electron chi connectivity index (χ2n) is 11.2. The van der Waals surface area contributed by atoms with Crippen LogP contribution in [0.2, 0.25) is 0 Å². The molecule has 0 bridgehead atoms. The Bertz CT molecular complexity index is 764. The van der Waals surface area contributed by atoms with Crippen LogP contribution in [0.15, 0.2) is 18.7 Å². The molecule has 0 radical (unpaired) electrons. The number of carbonyl (C=O) groups excluding carboxylic acids is 1. The molecule has 0 amide bonds. The number of aromatic nitrogens is 2. The van der Waals surface area contributed by atoms with Crippen molar-refractivity contribution in [3.05, 3.63) is 18.7 Å². The van der Waals surface area contributed by atoms with Gasteiger partial charge >= 0.3 is 0 Å². The van der Waals surface area contributed by atoms with E-state index >= 15 is 0 Å². The molecule has 8 atom stereocenters. The van der Waals surface area contributed by atoms with Crippen molar-refractivity contribution in [1.29, 1.82) is 0 Å². The third kappa shape index (κ3) is 3.37. The second kappa shape index (κ2) is 7.74. The van der Waals surface area contributed by atoms with Gasteiger partial charge in [-0.1, -0.05) is 6.92 Å². The van der Waals surface area contributed by atoms with Gasteiger partial charge in [0.25, 0.3) is 0 Å². The first-order chi connectivity index (χ1) is 14.4. The summed E-state index contributed by atoms with van der Waals surface area (Å²) in [7, 11) is 1.70. The molecule has 30 heavy (non-hydrogen) atoms. The highest BCUT2D eigenvalue weighted by Crippen LogP contribution is 2.64. The van der Waals surface area contributed by atoms with E-state index in [1.807, 2.05) is 10.8 Å². The van der Waals surface area contributed by atoms with Crippen molar-refractivity contribution in [3.63, 3.8) is 0 Å². The standard InChI is InChI=1S/C25H38N2O3/c1-24-9-7-19-18-8-10-25(29,15-30-2)13-17(18)3-4-20(19)21(24)5-6-22(24)23(28)14-27-12-11-26-16-27/h11-12,16-22,29H,3-10,13-15H2,1-2H3. The molecule has 4 aliphatic carbocycles. The van der Waals surface area contributed by atoms with Gasteiger partial charge in [0.15, 0.2) is 5.78 Å². The number of carbonyl (C=O) groups is 1. The van der Waals surface area contributed by atoms with Crippen LogP contribution in [0.1, 0.15) is 64.7 Å². The van der Waals surface area contributed by atoms with Crippen LogP contribution in [0, 0.1) is 40.9 Å². The Labute approximate surface area is 180 Å². The van der Waals surface area contributed by atoms with E-state index in [-0.39, 0.29) is 11.3 Å². The lowest BCUT2D eigenvalue weighted by Crippen LogP contribution is -2.52. The number of hydrogen-bond acceptors (Lipinski definition) is 4.